The number of nitrogens with one attached hydrogen (secondary N) is 2. The van der Waals surface area contributed by atoms with Crippen LogP contribution in [0.5, 0.6) is 0 Å². The van der Waals surface area contributed by atoms with E-state index in [0.29, 0.717) is 17.9 Å². The molecule has 0 spiro atoms. The van der Waals surface area contributed by atoms with Gasteiger partial charge in [0.15, 0.2) is 0 Å². The summed E-state index contributed by atoms with van der Waals surface area (Å²) in [6.45, 7) is 0.507. The van der Waals surface area contributed by atoms with Crippen molar-refractivity contribution in [3.8, 4) is 0 Å². The predicted octanol–water partition coefficient (Wildman–Crippen LogP) is 1.12. The topological polar surface area (TPSA) is 73.9 Å². The Kier molecular flexibility index (Phi) is 3.57. The third-order valence-electron chi connectivity index (χ3n) is 2.60. The Balaban J connectivity index is 2.15. The maximum atomic E-state index is 12.3. The molecule has 0 aromatic carbocycles. The zero-order valence-corrected chi connectivity index (χ0v) is 10.3. The lowest BCUT2D eigenvalue weighted by Crippen LogP contribution is -2.27. The van der Waals surface area contributed by atoms with E-state index in [1.54, 1.807) is 49.7 Å². The number of carbonyl (C=O) groups is 1. The Morgan fingerprint density at radius 1 is 1.56 bits per heavy atom. The molecular formula is C12H15N5O. The molecule has 0 saturated carbocycles. The second kappa shape index (κ2) is 5.31. The highest BCUT2D eigenvalue weighted by Crippen LogP contribution is 2.14. The van der Waals surface area contributed by atoms with E-state index < -0.39 is 0 Å². The summed E-state index contributed by atoms with van der Waals surface area (Å²) < 4.78 is 0. The van der Waals surface area contributed by atoms with Crippen LogP contribution in [0.1, 0.15) is 15.9 Å². The number of amides is 1. The number of pyridine rings is 1. The van der Waals surface area contributed by atoms with Crippen LogP contribution >= 0.6 is 0 Å². The molecule has 1 amide bonds. The molecule has 0 atom stereocenters. The van der Waals surface area contributed by atoms with Crippen molar-refractivity contribution in [3.63, 3.8) is 0 Å². The molecule has 0 unspecified atom stereocenters. The predicted molar refractivity (Wildman–Crippen MR) is 68.2 cm³/mol. The lowest BCUT2D eigenvalue weighted by molar-refractivity contribution is 0.0785. The van der Waals surface area contributed by atoms with Crippen LogP contribution < -0.4 is 5.32 Å². The lowest BCUT2D eigenvalue weighted by Gasteiger charge is -2.17. The van der Waals surface area contributed by atoms with Crippen LogP contribution in [0.3, 0.4) is 0 Å². The third-order valence-corrected chi connectivity index (χ3v) is 2.60. The van der Waals surface area contributed by atoms with Crippen LogP contribution in [-0.4, -0.2) is 40.1 Å². The average molecular weight is 245 g/mol. The summed E-state index contributed by atoms with van der Waals surface area (Å²) in [5.41, 5.74) is 1.52. The van der Waals surface area contributed by atoms with Crippen molar-refractivity contribution in [1.29, 1.82) is 0 Å². The number of rotatable bonds is 4. The fraction of sp³-hybridized carbons (Fsp3) is 0.250. The first-order valence-corrected chi connectivity index (χ1v) is 5.58. The Morgan fingerprint density at radius 2 is 2.39 bits per heavy atom. The van der Waals surface area contributed by atoms with E-state index >= 15 is 0 Å². The van der Waals surface area contributed by atoms with Gasteiger partial charge in [-0.25, -0.2) is 4.98 Å². The molecule has 0 radical (unpaired) electrons. The first-order valence-electron chi connectivity index (χ1n) is 5.58. The fourth-order valence-electron chi connectivity index (χ4n) is 1.69. The summed E-state index contributed by atoms with van der Waals surface area (Å²) >= 11 is 0. The Morgan fingerprint density at radius 3 is 3.06 bits per heavy atom. The quantitative estimate of drug-likeness (QED) is 0.846. The number of hydrogen-bond donors (Lipinski definition) is 2. The van der Waals surface area contributed by atoms with Crippen molar-refractivity contribution in [2.24, 2.45) is 0 Å². The molecule has 0 aliphatic carbocycles. The molecule has 0 bridgehead atoms. The van der Waals surface area contributed by atoms with E-state index in [9.17, 15) is 4.79 Å². The number of H-pyrrole nitrogens is 1. The number of hydrogen-bond acceptors (Lipinski definition) is 4. The molecule has 18 heavy (non-hydrogen) atoms. The Bertz CT molecular complexity index is 523. The first kappa shape index (κ1) is 12.1. The lowest BCUT2D eigenvalue weighted by atomic mass is 10.2. The molecule has 6 nitrogen and oxygen atoms in total. The van der Waals surface area contributed by atoms with Gasteiger partial charge in [-0.2, -0.15) is 5.10 Å². The zero-order valence-electron chi connectivity index (χ0n) is 10.3. The molecule has 2 aromatic heterocycles. The maximum absolute atomic E-state index is 12.3. The summed E-state index contributed by atoms with van der Waals surface area (Å²) in [6.07, 6.45) is 5.12. The van der Waals surface area contributed by atoms with Gasteiger partial charge in [-0.1, -0.05) is 0 Å². The first-order chi connectivity index (χ1) is 8.72. The second-order valence-corrected chi connectivity index (χ2v) is 3.92. The molecule has 0 saturated heterocycles. The normalized spacial score (nSPS) is 10.1. The fourth-order valence-corrected chi connectivity index (χ4v) is 1.69. The zero-order chi connectivity index (χ0) is 13.0. The van der Waals surface area contributed by atoms with Crippen LogP contribution in [0.25, 0.3) is 0 Å². The van der Waals surface area contributed by atoms with Gasteiger partial charge in [-0.05, 0) is 12.1 Å². The van der Waals surface area contributed by atoms with Crippen molar-refractivity contribution in [1.82, 2.24) is 20.1 Å². The average Bonchev–Trinajstić information content (AvgIpc) is 2.90. The summed E-state index contributed by atoms with van der Waals surface area (Å²) in [5.74, 6) is 0.509. The maximum Gasteiger partial charge on any atom is 0.257 e. The summed E-state index contributed by atoms with van der Waals surface area (Å²) in [4.78, 5) is 18.0. The summed E-state index contributed by atoms with van der Waals surface area (Å²) in [5, 5.41) is 9.49. The van der Waals surface area contributed by atoms with Crippen molar-refractivity contribution >= 4 is 11.7 Å². The van der Waals surface area contributed by atoms with Crippen LogP contribution in [0.15, 0.2) is 30.7 Å². The summed E-state index contributed by atoms with van der Waals surface area (Å²) in [7, 11) is 3.50. The van der Waals surface area contributed by atoms with E-state index in [4.69, 9.17) is 0 Å². The molecular weight excluding hydrogens is 230 g/mol. The van der Waals surface area contributed by atoms with E-state index in [0.717, 1.165) is 5.56 Å². The highest BCUT2D eigenvalue weighted by atomic mass is 16.2. The van der Waals surface area contributed by atoms with Gasteiger partial charge in [0.1, 0.15) is 5.82 Å². The van der Waals surface area contributed by atoms with Crippen LogP contribution in [-0.2, 0) is 6.54 Å². The van der Waals surface area contributed by atoms with Gasteiger partial charge in [0.25, 0.3) is 5.91 Å². The second-order valence-electron chi connectivity index (χ2n) is 3.92. The van der Waals surface area contributed by atoms with Crippen LogP contribution in [0, 0.1) is 0 Å². The van der Waals surface area contributed by atoms with E-state index in [-0.39, 0.29) is 5.91 Å². The van der Waals surface area contributed by atoms with Gasteiger partial charge in [0, 0.05) is 38.6 Å². The van der Waals surface area contributed by atoms with Gasteiger partial charge in [-0.15, -0.1) is 0 Å². The summed E-state index contributed by atoms with van der Waals surface area (Å²) in [6, 6.07) is 3.51. The van der Waals surface area contributed by atoms with Gasteiger partial charge >= 0.3 is 0 Å². The molecule has 2 aromatic rings. The van der Waals surface area contributed by atoms with Crippen molar-refractivity contribution < 1.29 is 4.79 Å². The molecule has 2 heterocycles. The molecule has 0 aliphatic rings. The molecule has 6 heteroatoms. The van der Waals surface area contributed by atoms with E-state index in [1.165, 1.54) is 0 Å². The smallest absolute Gasteiger partial charge is 0.257 e. The molecule has 94 valence electrons. The van der Waals surface area contributed by atoms with Gasteiger partial charge in [0.2, 0.25) is 0 Å². The number of nitrogens with zero attached hydrogens (tertiary/aromatic N) is 3. The van der Waals surface area contributed by atoms with Gasteiger partial charge < -0.3 is 10.2 Å². The molecule has 2 N–H and O–H groups in total. The third kappa shape index (κ3) is 2.48. The number of carbonyl (C=O) groups excluding carboxylic acids is 1. The van der Waals surface area contributed by atoms with E-state index in [1.807, 2.05) is 0 Å². The van der Waals surface area contributed by atoms with Gasteiger partial charge in [-0.3, -0.25) is 9.89 Å². The molecule has 0 aliphatic heterocycles. The highest BCUT2D eigenvalue weighted by Gasteiger charge is 2.16. The van der Waals surface area contributed by atoms with Crippen molar-refractivity contribution in [3.05, 3.63) is 41.9 Å². The number of aromatic amines is 1. The SMILES string of the molecule is CNc1ncccc1C(=O)N(C)Cc1cn[nH]c1. The Hall–Kier alpha value is -2.37. The Labute approximate surface area is 105 Å². The minimum Gasteiger partial charge on any atom is -0.372 e. The number of aromatic nitrogens is 3. The van der Waals surface area contributed by atoms with Crippen molar-refractivity contribution in [2.75, 3.05) is 19.4 Å². The molecule has 0 fully saturated rings. The largest absolute Gasteiger partial charge is 0.372 e. The highest BCUT2D eigenvalue weighted by molar-refractivity contribution is 5.98. The molecule has 2 rings (SSSR count). The standard InChI is InChI=1S/C12H15N5O/c1-13-11-10(4-3-5-14-11)12(18)17(2)8-9-6-15-16-7-9/h3-7H,8H2,1-2H3,(H,13,14)(H,15,16). The van der Waals surface area contributed by atoms with Crippen molar-refractivity contribution in [2.45, 2.75) is 6.54 Å². The number of anilines is 1. The van der Waals surface area contributed by atoms with Gasteiger partial charge in [0.05, 0.1) is 11.8 Å². The van der Waals surface area contributed by atoms with Crippen LogP contribution in [0.2, 0.25) is 0 Å². The van der Waals surface area contributed by atoms with E-state index in [2.05, 4.69) is 20.5 Å². The minimum absolute atomic E-state index is 0.0753. The minimum atomic E-state index is -0.0753. The van der Waals surface area contributed by atoms with Crippen LogP contribution in [0.4, 0.5) is 5.82 Å². The monoisotopic (exact) mass is 245 g/mol.